The fourth-order valence-corrected chi connectivity index (χ4v) is 3.19. The zero-order valence-electron chi connectivity index (χ0n) is 11.5. The molecule has 3 N–H and O–H groups in total. The Morgan fingerprint density at radius 3 is 2.75 bits per heavy atom. The molecule has 20 heavy (non-hydrogen) atoms. The highest BCUT2D eigenvalue weighted by atomic mass is 79.9. The normalized spacial score (nSPS) is 16.6. The lowest BCUT2D eigenvalue weighted by Crippen LogP contribution is -2.36. The van der Waals surface area contributed by atoms with Gasteiger partial charge in [0.25, 0.3) is 5.56 Å². The first-order chi connectivity index (χ1) is 9.67. The van der Waals surface area contributed by atoms with Gasteiger partial charge in [0.05, 0.1) is 25.0 Å². The SMILES string of the molecule is NCCC1CCN(c2cnn(CCO)c(=O)c2Br)CC1. The molecule has 0 aliphatic carbocycles. The molecule has 0 aromatic carbocycles. The molecule has 112 valence electrons. The molecule has 1 aliphatic heterocycles. The fourth-order valence-electron chi connectivity index (χ4n) is 2.63. The minimum Gasteiger partial charge on any atom is -0.394 e. The summed E-state index contributed by atoms with van der Waals surface area (Å²) in [4.78, 5) is 14.3. The van der Waals surface area contributed by atoms with E-state index in [9.17, 15) is 4.79 Å². The van der Waals surface area contributed by atoms with E-state index >= 15 is 0 Å². The van der Waals surface area contributed by atoms with Gasteiger partial charge in [-0.1, -0.05) is 0 Å². The third kappa shape index (κ3) is 3.39. The van der Waals surface area contributed by atoms with Crippen LogP contribution in [0.4, 0.5) is 5.69 Å². The molecule has 6 nitrogen and oxygen atoms in total. The van der Waals surface area contributed by atoms with Crippen LogP contribution in [0, 0.1) is 5.92 Å². The molecule has 0 amide bonds. The lowest BCUT2D eigenvalue weighted by atomic mass is 9.93. The van der Waals surface area contributed by atoms with Crippen LogP contribution in [0.5, 0.6) is 0 Å². The van der Waals surface area contributed by atoms with Gasteiger partial charge < -0.3 is 15.7 Å². The highest BCUT2D eigenvalue weighted by Crippen LogP contribution is 2.27. The molecule has 1 saturated heterocycles. The molecule has 7 heteroatoms. The molecular formula is C13H21BrN4O2. The van der Waals surface area contributed by atoms with Crippen molar-refractivity contribution in [1.82, 2.24) is 9.78 Å². The van der Waals surface area contributed by atoms with Crippen molar-refractivity contribution in [2.45, 2.75) is 25.8 Å². The summed E-state index contributed by atoms with van der Waals surface area (Å²) >= 11 is 3.37. The smallest absolute Gasteiger partial charge is 0.283 e. The van der Waals surface area contributed by atoms with Gasteiger partial charge in [-0.25, -0.2) is 4.68 Å². The quantitative estimate of drug-likeness (QED) is 0.815. The maximum absolute atomic E-state index is 12.1. The largest absolute Gasteiger partial charge is 0.394 e. The number of hydrogen-bond acceptors (Lipinski definition) is 5. The first-order valence-electron chi connectivity index (χ1n) is 6.99. The highest BCUT2D eigenvalue weighted by Gasteiger charge is 2.21. The maximum Gasteiger partial charge on any atom is 0.283 e. The van der Waals surface area contributed by atoms with E-state index in [1.54, 1.807) is 6.20 Å². The molecule has 0 unspecified atom stereocenters. The van der Waals surface area contributed by atoms with Crippen molar-refractivity contribution in [2.75, 3.05) is 31.1 Å². The van der Waals surface area contributed by atoms with Gasteiger partial charge in [-0.05, 0) is 47.7 Å². The first kappa shape index (κ1) is 15.5. The zero-order chi connectivity index (χ0) is 14.5. The van der Waals surface area contributed by atoms with Crippen LogP contribution in [-0.2, 0) is 6.54 Å². The molecule has 1 aromatic heterocycles. The Balaban J connectivity index is 2.11. The summed E-state index contributed by atoms with van der Waals surface area (Å²) in [6.07, 6.45) is 4.97. The van der Waals surface area contributed by atoms with E-state index in [2.05, 4.69) is 25.9 Å². The van der Waals surface area contributed by atoms with E-state index < -0.39 is 0 Å². The lowest BCUT2D eigenvalue weighted by molar-refractivity contribution is 0.266. The van der Waals surface area contributed by atoms with Crippen LogP contribution in [-0.4, -0.2) is 41.1 Å². The van der Waals surface area contributed by atoms with E-state index in [0.717, 1.165) is 44.6 Å². The molecule has 0 bridgehead atoms. The van der Waals surface area contributed by atoms with Gasteiger partial charge in [0, 0.05) is 13.1 Å². The van der Waals surface area contributed by atoms with Crippen LogP contribution in [0.3, 0.4) is 0 Å². The summed E-state index contributed by atoms with van der Waals surface area (Å²) < 4.78 is 1.80. The molecular weight excluding hydrogens is 324 g/mol. The minimum absolute atomic E-state index is 0.0941. The predicted octanol–water partition coefficient (Wildman–Crippen LogP) is 0.563. The van der Waals surface area contributed by atoms with Gasteiger partial charge in [0.2, 0.25) is 0 Å². The third-order valence-corrected chi connectivity index (χ3v) is 4.55. The van der Waals surface area contributed by atoms with Crippen LogP contribution in [0.15, 0.2) is 15.5 Å². The van der Waals surface area contributed by atoms with Gasteiger partial charge >= 0.3 is 0 Å². The van der Waals surface area contributed by atoms with Gasteiger partial charge in [-0.15, -0.1) is 0 Å². The topological polar surface area (TPSA) is 84.4 Å². The second-order valence-electron chi connectivity index (χ2n) is 5.10. The summed E-state index contributed by atoms with van der Waals surface area (Å²) in [5, 5.41) is 13.0. The summed E-state index contributed by atoms with van der Waals surface area (Å²) in [7, 11) is 0. The standard InChI is InChI=1S/C13H21BrN4O2/c14-12-11(9-16-18(7-8-19)13(12)20)17-5-2-10(1-4-15)3-6-17/h9-10,19H,1-8,15H2. The lowest BCUT2D eigenvalue weighted by Gasteiger charge is -2.33. The minimum atomic E-state index is -0.194. The molecule has 0 atom stereocenters. The summed E-state index contributed by atoms with van der Waals surface area (Å²) in [5.41, 5.74) is 6.25. The Labute approximate surface area is 126 Å². The average molecular weight is 345 g/mol. The van der Waals surface area contributed by atoms with Crippen LogP contribution >= 0.6 is 15.9 Å². The van der Waals surface area contributed by atoms with E-state index in [1.165, 1.54) is 4.68 Å². The first-order valence-corrected chi connectivity index (χ1v) is 7.78. The zero-order valence-corrected chi connectivity index (χ0v) is 13.0. The van der Waals surface area contributed by atoms with Crippen LogP contribution in [0.2, 0.25) is 0 Å². The number of rotatable bonds is 5. The van der Waals surface area contributed by atoms with Crippen LogP contribution in [0.1, 0.15) is 19.3 Å². The second-order valence-corrected chi connectivity index (χ2v) is 5.90. The number of aliphatic hydroxyl groups is 1. The highest BCUT2D eigenvalue weighted by molar-refractivity contribution is 9.10. The van der Waals surface area contributed by atoms with Gasteiger partial charge in [0.1, 0.15) is 4.47 Å². The Morgan fingerprint density at radius 1 is 1.45 bits per heavy atom. The maximum atomic E-state index is 12.1. The number of anilines is 1. The van der Waals surface area contributed by atoms with Gasteiger partial charge in [0.15, 0.2) is 0 Å². The number of aliphatic hydroxyl groups excluding tert-OH is 1. The molecule has 1 fully saturated rings. The van der Waals surface area contributed by atoms with Crippen LogP contribution in [0.25, 0.3) is 0 Å². The Bertz CT molecular complexity index is 498. The summed E-state index contributed by atoms with van der Waals surface area (Å²) in [6, 6.07) is 0. The second kappa shape index (κ2) is 7.19. The van der Waals surface area contributed by atoms with E-state index in [4.69, 9.17) is 10.8 Å². The molecule has 0 radical (unpaired) electrons. The molecule has 2 rings (SSSR count). The van der Waals surface area contributed by atoms with Crippen molar-refractivity contribution in [1.29, 1.82) is 0 Å². The van der Waals surface area contributed by atoms with Crippen molar-refractivity contribution in [3.8, 4) is 0 Å². The fraction of sp³-hybridized carbons (Fsp3) is 0.692. The third-order valence-electron chi connectivity index (χ3n) is 3.81. The molecule has 0 saturated carbocycles. The number of aromatic nitrogens is 2. The Hall–Kier alpha value is -0.920. The van der Waals surface area contributed by atoms with Crippen molar-refractivity contribution in [2.24, 2.45) is 11.7 Å². The monoisotopic (exact) mass is 344 g/mol. The molecule has 1 aromatic rings. The van der Waals surface area contributed by atoms with Gasteiger partial charge in [-0.3, -0.25) is 4.79 Å². The summed E-state index contributed by atoms with van der Waals surface area (Å²) in [5.74, 6) is 0.692. The molecule has 0 spiro atoms. The van der Waals surface area contributed by atoms with Crippen molar-refractivity contribution >= 4 is 21.6 Å². The Morgan fingerprint density at radius 2 is 2.15 bits per heavy atom. The van der Waals surface area contributed by atoms with Gasteiger partial charge in [-0.2, -0.15) is 5.10 Å². The van der Waals surface area contributed by atoms with Crippen molar-refractivity contribution < 1.29 is 5.11 Å². The number of nitrogens with zero attached hydrogens (tertiary/aromatic N) is 3. The van der Waals surface area contributed by atoms with Crippen molar-refractivity contribution in [3.63, 3.8) is 0 Å². The van der Waals surface area contributed by atoms with E-state index in [-0.39, 0.29) is 18.7 Å². The molecule has 2 heterocycles. The van der Waals surface area contributed by atoms with Crippen molar-refractivity contribution in [3.05, 3.63) is 21.0 Å². The number of halogens is 1. The number of nitrogens with two attached hydrogens (primary N) is 1. The van der Waals surface area contributed by atoms with E-state index in [1.807, 2.05) is 0 Å². The Kier molecular flexibility index (Phi) is 5.56. The number of hydrogen-bond donors (Lipinski definition) is 2. The average Bonchev–Trinajstić information content (AvgIpc) is 2.46. The van der Waals surface area contributed by atoms with Crippen LogP contribution < -0.4 is 16.2 Å². The predicted molar refractivity (Wildman–Crippen MR) is 81.9 cm³/mol. The van der Waals surface area contributed by atoms with E-state index in [0.29, 0.717) is 10.4 Å². The summed E-state index contributed by atoms with van der Waals surface area (Å²) in [6.45, 7) is 2.72. The number of piperidine rings is 1. The molecule has 1 aliphatic rings.